The van der Waals surface area contributed by atoms with Crippen LogP contribution in [0.15, 0.2) is 18.3 Å². The molecule has 1 aromatic rings. The predicted molar refractivity (Wildman–Crippen MR) is 76.1 cm³/mol. The molecule has 0 aliphatic heterocycles. The van der Waals surface area contributed by atoms with Crippen LogP contribution in [0, 0.1) is 0 Å². The van der Waals surface area contributed by atoms with Gasteiger partial charge in [0.05, 0.1) is 5.60 Å². The molecule has 4 heteroatoms. The fourth-order valence-electron chi connectivity index (χ4n) is 1.67. The number of carbonyl (C=O) groups is 1. The van der Waals surface area contributed by atoms with Gasteiger partial charge < -0.3 is 10.4 Å². The van der Waals surface area contributed by atoms with E-state index >= 15 is 0 Å². The average Bonchev–Trinajstić information content (AvgIpc) is 2.35. The van der Waals surface area contributed by atoms with Crippen molar-refractivity contribution in [3.8, 4) is 0 Å². The third kappa shape index (κ3) is 6.45. The first kappa shape index (κ1) is 15.8. The summed E-state index contributed by atoms with van der Waals surface area (Å²) in [6, 6.07) is 3.68. The SMILES string of the molecule is CCCCC(=O)c1ccc(CNCC(C)(C)O)cn1. The Hall–Kier alpha value is -1.26. The lowest BCUT2D eigenvalue weighted by molar-refractivity contribution is 0.0795. The van der Waals surface area contributed by atoms with Crippen molar-refractivity contribution in [1.29, 1.82) is 0 Å². The molecule has 0 amide bonds. The maximum atomic E-state index is 11.7. The van der Waals surface area contributed by atoms with Gasteiger partial charge >= 0.3 is 0 Å². The van der Waals surface area contributed by atoms with Crippen molar-refractivity contribution in [1.82, 2.24) is 10.3 Å². The first-order valence-electron chi connectivity index (χ1n) is 6.83. The van der Waals surface area contributed by atoms with Gasteiger partial charge in [-0.05, 0) is 31.9 Å². The van der Waals surface area contributed by atoms with Gasteiger partial charge in [0, 0.05) is 25.7 Å². The number of aromatic nitrogens is 1. The van der Waals surface area contributed by atoms with Gasteiger partial charge in [-0.15, -0.1) is 0 Å². The smallest absolute Gasteiger partial charge is 0.181 e. The fraction of sp³-hybridized carbons (Fsp3) is 0.600. The van der Waals surface area contributed by atoms with Gasteiger partial charge in [-0.3, -0.25) is 9.78 Å². The summed E-state index contributed by atoms with van der Waals surface area (Å²) in [7, 11) is 0. The zero-order valence-corrected chi connectivity index (χ0v) is 12.1. The van der Waals surface area contributed by atoms with Gasteiger partial charge in [0.2, 0.25) is 0 Å². The van der Waals surface area contributed by atoms with Crippen molar-refractivity contribution in [2.75, 3.05) is 6.54 Å². The molecule has 0 bridgehead atoms. The Morgan fingerprint density at radius 2 is 2.16 bits per heavy atom. The van der Waals surface area contributed by atoms with Gasteiger partial charge in [0.15, 0.2) is 5.78 Å². The first-order chi connectivity index (χ1) is 8.92. The normalized spacial score (nSPS) is 11.6. The molecule has 1 heterocycles. The van der Waals surface area contributed by atoms with Crippen molar-refractivity contribution >= 4 is 5.78 Å². The molecule has 0 unspecified atom stereocenters. The summed E-state index contributed by atoms with van der Waals surface area (Å²) in [4.78, 5) is 15.9. The molecular formula is C15H24N2O2. The van der Waals surface area contributed by atoms with Crippen molar-refractivity contribution < 1.29 is 9.90 Å². The number of ketones is 1. The number of carbonyl (C=O) groups excluding carboxylic acids is 1. The van der Waals surface area contributed by atoms with E-state index in [9.17, 15) is 9.90 Å². The maximum Gasteiger partial charge on any atom is 0.181 e. The van der Waals surface area contributed by atoms with Gasteiger partial charge in [0.25, 0.3) is 0 Å². The summed E-state index contributed by atoms with van der Waals surface area (Å²) >= 11 is 0. The second-order valence-electron chi connectivity index (χ2n) is 5.49. The Balaban J connectivity index is 2.45. The number of aliphatic hydroxyl groups is 1. The largest absolute Gasteiger partial charge is 0.389 e. The number of hydrogen-bond acceptors (Lipinski definition) is 4. The predicted octanol–water partition coefficient (Wildman–Crippen LogP) is 2.32. The van der Waals surface area contributed by atoms with Gasteiger partial charge in [-0.25, -0.2) is 0 Å². The minimum Gasteiger partial charge on any atom is -0.389 e. The molecule has 1 aromatic heterocycles. The molecule has 0 spiro atoms. The van der Waals surface area contributed by atoms with Crippen molar-refractivity contribution in [2.24, 2.45) is 0 Å². The van der Waals surface area contributed by atoms with E-state index in [1.54, 1.807) is 26.1 Å². The molecule has 0 aromatic carbocycles. The summed E-state index contributed by atoms with van der Waals surface area (Å²) in [5, 5.41) is 12.7. The third-order valence-corrected chi connectivity index (χ3v) is 2.75. The van der Waals surface area contributed by atoms with Crippen LogP contribution in [0.4, 0.5) is 0 Å². The van der Waals surface area contributed by atoms with Gasteiger partial charge in [0.1, 0.15) is 5.69 Å². The summed E-state index contributed by atoms with van der Waals surface area (Å²) in [6.45, 7) is 6.74. The number of nitrogens with one attached hydrogen (secondary N) is 1. The highest BCUT2D eigenvalue weighted by Crippen LogP contribution is 2.06. The topological polar surface area (TPSA) is 62.2 Å². The van der Waals surface area contributed by atoms with E-state index in [2.05, 4.69) is 17.2 Å². The van der Waals surface area contributed by atoms with E-state index in [4.69, 9.17) is 0 Å². The quantitative estimate of drug-likeness (QED) is 0.707. The second-order valence-corrected chi connectivity index (χ2v) is 5.49. The lowest BCUT2D eigenvalue weighted by atomic mass is 10.1. The maximum absolute atomic E-state index is 11.7. The first-order valence-corrected chi connectivity index (χ1v) is 6.83. The van der Waals surface area contributed by atoms with Gasteiger partial charge in [-0.1, -0.05) is 19.4 Å². The molecule has 0 atom stereocenters. The Bertz CT molecular complexity index is 394. The van der Waals surface area contributed by atoms with Crippen LogP contribution < -0.4 is 5.32 Å². The summed E-state index contributed by atoms with van der Waals surface area (Å²) < 4.78 is 0. The molecule has 0 aliphatic carbocycles. The Kier molecular flexibility index (Phi) is 6.12. The monoisotopic (exact) mass is 264 g/mol. The number of nitrogens with zero attached hydrogens (tertiary/aromatic N) is 1. The van der Waals surface area contributed by atoms with Crippen LogP contribution in [0.1, 0.15) is 56.1 Å². The highest BCUT2D eigenvalue weighted by molar-refractivity contribution is 5.94. The Morgan fingerprint density at radius 1 is 1.42 bits per heavy atom. The minimum absolute atomic E-state index is 0.109. The third-order valence-electron chi connectivity index (χ3n) is 2.75. The van der Waals surface area contributed by atoms with Crippen LogP contribution in [-0.2, 0) is 6.54 Å². The summed E-state index contributed by atoms with van der Waals surface area (Å²) in [5.74, 6) is 0.109. The van der Waals surface area contributed by atoms with E-state index in [0.717, 1.165) is 18.4 Å². The highest BCUT2D eigenvalue weighted by Gasteiger charge is 2.11. The van der Waals surface area contributed by atoms with Crippen LogP contribution in [0.5, 0.6) is 0 Å². The fourth-order valence-corrected chi connectivity index (χ4v) is 1.67. The second kappa shape index (κ2) is 7.36. The molecular weight excluding hydrogens is 240 g/mol. The minimum atomic E-state index is -0.719. The molecule has 0 saturated carbocycles. The van der Waals surface area contributed by atoms with Crippen LogP contribution in [0.2, 0.25) is 0 Å². The molecule has 106 valence electrons. The molecule has 2 N–H and O–H groups in total. The highest BCUT2D eigenvalue weighted by atomic mass is 16.3. The van der Waals surface area contributed by atoms with E-state index in [1.807, 2.05) is 6.07 Å². The molecule has 0 aliphatic rings. The lowest BCUT2D eigenvalue weighted by Gasteiger charge is -2.17. The molecule has 0 saturated heterocycles. The van der Waals surface area contributed by atoms with Crippen LogP contribution in [0.25, 0.3) is 0 Å². The van der Waals surface area contributed by atoms with Crippen molar-refractivity contribution in [3.05, 3.63) is 29.6 Å². The average molecular weight is 264 g/mol. The van der Waals surface area contributed by atoms with Crippen LogP contribution in [-0.4, -0.2) is 28.0 Å². The number of pyridine rings is 1. The van der Waals surface area contributed by atoms with E-state index < -0.39 is 5.60 Å². The van der Waals surface area contributed by atoms with E-state index in [0.29, 0.717) is 25.2 Å². The molecule has 4 nitrogen and oxygen atoms in total. The molecule has 19 heavy (non-hydrogen) atoms. The van der Waals surface area contributed by atoms with Crippen LogP contribution in [0.3, 0.4) is 0 Å². The number of unbranched alkanes of at least 4 members (excludes halogenated alkanes) is 1. The zero-order chi connectivity index (χ0) is 14.3. The number of Topliss-reactive ketones (excluding diaryl/α,β-unsaturated/α-hetero) is 1. The van der Waals surface area contributed by atoms with Gasteiger partial charge in [-0.2, -0.15) is 0 Å². The summed E-state index contributed by atoms with van der Waals surface area (Å²) in [6.07, 6.45) is 4.22. The molecule has 0 radical (unpaired) electrons. The molecule has 0 fully saturated rings. The Labute approximate surface area is 115 Å². The number of rotatable bonds is 8. The Morgan fingerprint density at radius 3 is 2.68 bits per heavy atom. The van der Waals surface area contributed by atoms with Crippen molar-refractivity contribution in [3.63, 3.8) is 0 Å². The molecule has 1 rings (SSSR count). The number of hydrogen-bond donors (Lipinski definition) is 2. The van der Waals surface area contributed by atoms with Crippen molar-refractivity contribution in [2.45, 2.75) is 52.2 Å². The van der Waals surface area contributed by atoms with Crippen LogP contribution >= 0.6 is 0 Å². The van der Waals surface area contributed by atoms with E-state index in [1.165, 1.54) is 0 Å². The standard InChI is InChI=1S/C15H24N2O2/c1-4-5-6-14(18)13-8-7-12(10-17-13)9-16-11-15(2,3)19/h7-8,10,16,19H,4-6,9,11H2,1-3H3. The summed E-state index contributed by atoms with van der Waals surface area (Å²) in [5.41, 5.74) is 0.833. The lowest BCUT2D eigenvalue weighted by Crippen LogP contribution is -2.34. The zero-order valence-electron chi connectivity index (χ0n) is 12.1. The van der Waals surface area contributed by atoms with E-state index in [-0.39, 0.29) is 5.78 Å².